The second kappa shape index (κ2) is 14.1. The second-order valence-electron chi connectivity index (χ2n) is 8.96. The van der Waals surface area contributed by atoms with Gasteiger partial charge in [-0.15, -0.1) is 0 Å². The number of benzene rings is 1. The summed E-state index contributed by atoms with van der Waals surface area (Å²) in [6.45, 7) is 10.6. The Morgan fingerprint density at radius 3 is 2.34 bits per heavy atom. The van der Waals surface area contributed by atoms with Gasteiger partial charge in [-0.3, -0.25) is 0 Å². The van der Waals surface area contributed by atoms with Crippen LogP contribution in [0.15, 0.2) is 79.1 Å². The standard InChI is InChI=1S/C23H27N3.C6H11N.C2H6/c1-17-13-22-20(15-24-17)14-23(19-9-11-21(12-10-19)25(2)3)26(22)16-18-7-5-4-6-8-18;1-4-5-6-7(2)3;1-2/h5,7-15,17,24H,4,6,16H2,1-3H3;4-6H,1H2,2-3H3;1-2H3/b;6-5-;. The number of hydrogen-bond acceptors (Lipinski definition) is 3. The highest BCUT2D eigenvalue weighted by atomic mass is 15.1. The van der Waals surface area contributed by atoms with Crippen LogP contribution in [0, 0.1) is 0 Å². The van der Waals surface area contributed by atoms with Crippen molar-refractivity contribution in [3.63, 3.8) is 0 Å². The molecule has 0 spiro atoms. The fourth-order valence-corrected chi connectivity index (χ4v) is 3.93. The summed E-state index contributed by atoms with van der Waals surface area (Å²) >= 11 is 0. The first-order valence-electron chi connectivity index (χ1n) is 12.7. The first-order valence-corrected chi connectivity index (χ1v) is 12.7. The van der Waals surface area contributed by atoms with E-state index in [-0.39, 0.29) is 0 Å². The van der Waals surface area contributed by atoms with Crippen LogP contribution in [0.4, 0.5) is 5.69 Å². The molecule has 2 heterocycles. The van der Waals surface area contributed by atoms with E-state index in [0.717, 1.165) is 19.4 Å². The highest BCUT2D eigenvalue weighted by Gasteiger charge is 2.13. The topological polar surface area (TPSA) is 23.4 Å². The quantitative estimate of drug-likeness (QED) is 0.579. The maximum atomic E-state index is 3.52. The van der Waals surface area contributed by atoms with Crippen LogP contribution in [-0.4, -0.2) is 43.7 Å². The monoisotopic (exact) mass is 472 g/mol. The molecule has 0 saturated carbocycles. The normalized spacial score (nSPS) is 15.6. The molecule has 0 bridgehead atoms. The molecule has 4 nitrogen and oxygen atoms in total. The van der Waals surface area contributed by atoms with E-state index in [2.05, 4.69) is 103 Å². The Morgan fingerprint density at radius 2 is 1.80 bits per heavy atom. The van der Waals surface area contributed by atoms with E-state index in [1.54, 1.807) is 6.08 Å². The van der Waals surface area contributed by atoms with Crippen LogP contribution in [-0.2, 0) is 6.54 Å². The van der Waals surface area contributed by atoms with Gasteiger partial charge in [0.1, 0.15) is 0 Å². The van der Waals surface area contributed by atoms with Gasteiger partial charge >= 0.3 is 0 Å². The number of fused-ring (bicyclic) bond motifs is 1. The van der Waals surface area contributed by atoms with Gasteiger partial charge in [0, 0.05) is 68.9 Å². The Morgan fingerprint density at radius 1 is 1.09 bits per heavy atom. The summed E-state index contributed by atoms with van der Waals surface area (Å²) in [5.74, 6) is 0. The molecule has 1 aliphatic carbocycles. The molecule has 1 aromatic carbocycles. The minimum absolute atomic E-state index is 0.357. The fourth-order valence-electron chi connectivity index (χ4n) is 3.93. The molecule has 0 fully saturated rings. The molecular formula is C31H44N4. The molecule has 4 heteroatoms. The lowest BCUT2D eigenvalue weighted by Crippen LogP contribution is -2.39. The number of hydrogen-bond donors (Lipinski definition) is 1. The number of nitrogens with one attached hydrogen (secondary N) is 1. The van der Waals surface area contributed by atoms with Crippen molar-refractivity contribution in [2.45, 2.75) is 46.2 Å². The Bertz CT molecular complexity index is 1140. The Hall–Kier alpha value is -3.40. The second-order valence-corrected chi connectivity index (χ2v) is 8.96. The van der Waals surface area contributed by atoms with E-state index in [1.165, 1.54) is 33.1 Å². The summed E-state index contributed by atoms with van der Waals surface area (Å²) in [4.78, 5) is 4.10. The number of allylic oxidation sites excluding steroid dienone is 6. The molecule has 188 valence electrons. The molecule has 2 aromatic rings. The third kappa shape index (κ3) is 8.10. The molecule has 1 N–H and O–H groups in total. The van der Waals surface area contributed by atoms with Gasteiger partial charge in [0.25, 0.3) is 0 Å². The van der Waals surface area contributed by atoms with Crippen LogP contribution in [0.2, 0.25) is 0 Å². The summed E-state index contributed by atoms with van der Waals surface area (Å²) in [6.07, 6.45) is 19.3. The van der Waals surface area contributed by atoms with Crippen LogP contribution in [0.25, 0.3) is 23.5 Å². The average Bonchev–Trinajstić information content (AvgIpc) is 3.22. The Kier molecular flexibility index (Phi) is 11.2. The molecule has 2 aliphatic rings. The maximum Gasteiger partial charge on any atom is 0.0494 e. The van der Waals surface area contributed by atoms with E-state index in [9.17, 15) is 0 Å². The number of nitrogens with zero attached hydrogens (tertiary/aromatic N) is 3. The summed E-state index contributed by atoms with van der Waals surface area (Å²) in [7, 11) is 8.10. The molecular weight excluding hydrogens is 428 g/mol. The van der Waals surface area contributed by atoms with Gasteiger partial charge in [-0.05, 0) is 67.5 Å². The number of rotatable bonds is 6. The lowest BCUT2D eigenvalue weighted by atomic mass is 10.1. The van der Waals surface area contributed by atoms with Gasteiger partial charge in [0.05, 0.1) is 0 Å². The predicted octanol–water partition coefficient (Wildman–Crippen LogP) is 5.28. The molecule has 35 heavy (non-hydrogen) atoms. The third-order valence-electron chi connectivity index (χ3n) is 5.69. The maximum absolute atomic E-state index is 3.52. The van der Waals surface area contributed by atoms with E-state index < -0.39 is 0 Å². The van der Waals surface area contributed by atoms with E-state index >= 15 is 0 Å². The summed E-state index contributed by atoms with van der Waals surface area (Å²) in [6, 6.07) is 11.5. The largest absolute Gasteiger partial charge is 0.384 e. The summed E-state index contributed by atoms with van der Waals surface area (Å²) in [5, 5.41) is 6.02. The Balaban J connectivity index is 0.000000416. The zero-order chi connectivity index (χ0) is 25.8. The first-order chi connectivity index (χ1) is 16.9. The smallest absolute Gasteiger partial charge is 0.0494 e. The van der Waals surface area contributed by atoms with Crippen LogP contribution in [0.1, 0.15) is 33.6 Å². The first kappa shape index (κ1) is 27.8. The van der Waals surface area contributed by atoms with Gasteiger partial charge in [0.15, 0.2) is 0 Å². The molecule has 4 rings (SSSR count). The van der Waals surface area contributed by atoms with Crippen LogP contribution in [0.3, 0.4) is 0 Å². The van der Waals surface area contributed by atoms with Gasteiger partial charge in [-0.2, -0.15) is 0 Å². The van der Waals surface area contributed by atoms with E-state index in [4.69, 9.17) is 0 Å². The van der Waals surface area contributed by atoms with Crippen molar-refractivity contribution >= 4 is 18.0 Å². The zero-order valence-corrected chi connectivity index (χ0v) is 22.8. The molecule has 0 amide bonds. The minimum atomic E-state index is 0.357. The van der Waals surface area contributed by atoms with Crippen LogP contribution >= 0.6 is 0 Å². The zero-order valence-electron chi connectivity index (χ0n) is 22.8. The minimum Gasteiger partial charge on any atom is -0.384 e. The van der Waals surface area contributed by atoms with Gasteiger partial charge in [-0.1, -0.05) is 56.9 Å². The summed E-state index contributed by atoms with van der Waals surface area (Å²) < 4.78 is 2.47. The number of anilines is 1. The predicted molar refractivity (Wildman–Crippen MR) is 156 cm³/mol. The SMILES string of the molecule is C=C/C=C\N(C)C.CC.CC1C=c2c(cc(-c3ccc(N(C)C)cc3)n2CC2=CCCC=C2)=CN1. The third-order valence-corrected chi connectivity index (χ3v) is 5.69. The van der Waals surface area contributed by atoms with Crippen molar-refractivity contribution in [1.29, 1.82) is 0 Å². The molecule has 1 aromatic heterocycles. The molecule has 1 aliphatic heterocycles. The van der Waals surface area contributed by atoms with Gasteiger partial charge < -0.3 is 19.7 Å². The fraction of sp³-hybridized carbons (Fsp3) is 0.355. The Labute approximate surface area is 213 Å². The van der Waals surface area contributed by atoms with Crippen molar-refractivity contribution in [1.82, 2.24) is 14.8 Å². The lowest BCUT2D eigenvalue weighted by molar-refractivity contribution is 0.564. The van der Waals surface area contributed by atoms with Gasteiger partial charge in [0.2, 0.25) is 0 Å². The highest BCUT2D eigenvalue weighted by molar-refractivity contribution is 5.65. The highest BCUT2D eigenvalue weighted by Crippen LogP contribution is 2.23. The van der Waals surface area contributed by atoms with Crippen molar-refractivity contribution in [2.75, 3.05) is 33.1 Å². The van der Waals surface area contributed by atoms with Crippen LogP contribution in [0.5, 0.6) is 0 Å². The van der Waals surface area contributed by atoms with Crippen molar-refractivity contribution in [3.8, 4) is 11.3 Å². The molecule has 0 saturated heterocycles. The van der Waals surface area contributed by atoms with Gasteiger partial charge in [-0.25, -0.2) is 0 Å². The molecule has 0 radical (unpaired) electrons. The van der Waals surface area contributed by atoms with E-state index in [0.29, 0.717) is 6.04 Å². The lowest BCUT2D eigenvalue weighted by Gasteiger charge is -2.16. The van der Waals surface area contributed by atoms with Crippen LogP contribution < -0.4 is 20.8 Å². The van der Waals surface area contributed by atoms with Crippen molar-refractivity contribution in [2.24, 2.45) is 0 Å². The molecule has 1 atom stereocenters. The average molecular weight is 473 g/mol. The van der Waals surface area contributed by atoms with Crippen molar-refractivity contribution < 1.29 is 0 Å². The number of aromatic nitrogens is 1. The van der Waals surface area contributed by atoms with E-state index in [1.807, 2.05) is 45.1 Å². The van der Waals surface area contributed by atoms with Crippen molar-refractivity contribution in [3.05, 3.63) is 89.6 Å². The molecule has 1 unspecified atom stereocenters. The summed E-state index contributed by atoms with van der Waals surface area (Å²) in [5.41, 5.74) is 5.17.